The summed E-state index contributed by atoms with van der Waals surface area (Å²) in [5, 5.41) is 0.468. The number of benzene rings is 2. The summed E-state index contributed by atoms with van der Waals surface area (Å²) in [6, 6.07) is 11.4. The van der Waals surface area contributed by atoms with Crippen LogP contribution in [0.2, 0.25) is 0 Å². The second-order valence-corrected chi connectivity index (χ2v) is 7.19. The number of esters is 1. The average Bonchev–Trinajstić information content (AvgIpc) is 3.22. The van der Waals surface area contributed by atoms with Gasteiger partial charge in [0.25, 0.3) is 5.56 Å². The molecule has 30 heavy (non-hydrogen) atoms. The van der Waals surface area contributed by atoms with Crippen molar-refractivity contribution in [2.75, 3.05) is 6.61 Å². The van der Waals surface area contributed by atoms with Crippen LogP contribution in [0.3, 0.4) is 0 Å². The molecule has 0 unspecified atom stereocenters. The van der Waals surface area contributed by atoms with E-state index in [-0.39, 0.29) is 16.9 Å². The summed E-state index contributed by atoms with van der Waals surface area (Å²) in [7, 11) is 0. The summed E-state index contributed by atoms with van der Waals surface area (Å²) >= 11 is 0. The van der Waals surface area contributed by atoms with Crippen LogP contribution in [0.15, 0.2) is 47.3 Å². The van der Waals surface area contributed by atoms with Crippen molar-refractivity contribution in [3.8, 4) is 5.75 Å². The third-order valence-corrected chi connectivity index (χ3v) is 5.16. The molecule has 0 radical (unpaired) electrons. The van der Waals surface area contributed by atoms with Crippen LogP contribution in [0.4, 0.5) is 0 Å². The molecule has 2 aromatic carbocycles. The normalized spacial score (nSPS) is 13.7. The Hall–Kier alpha value is -3.48. The number of nitrogens with zero attached hydrogens (tertiary/aromatic N) is 2. The first-order valence-corrected chi connectivity index (χ1v) is 9.99. The number of aromatic nitrogens is 2. The van der Waals surface area contributed by atoms with Crippen LogP contribution >= 0.6 is 0 Å². The number of aryl methyl sites for hydroxylation is 1. The minimum Gasteiger partial charge on any atom is -0.494 e. The quantitative estimate of drug-likeness (QED) is 0.462. The second kappa shape index (κ2) is 8.10. The van der Waals surface area contributed by atoms with Gasteiger partial charge in [-0.15, -0.1) is 0 Å². The molecule has 0 spiro atoms. The highest BCUT2D eigenvalue weighted by atomic mass is 16.5. The lowest BCUT2D eigenvalue weighted by molar-refractivity contribution is 0.0319. The lowest BCUT2D eigenvalue weighted by Crippen LogP contribution is -2.25. The van der Waals surface area contributed by atoms with E-state index in [0.29, 0.717) is 35.4 Å². The molecule has 0 aliphatic carbocycles. The minimum atomic E-state index is -0.954. The first-order chi connectivity index (χ1) is 14.5. The molecule has 0 N–H and O–H groups in total. The second-order valence-electron chi connectivity index (χ2n) is 7.19. The molecule has 7 nitrogen and oxygen atoms in total. The summed E-state index contributed by atoms with van der Waals surface area (Å²) in [6.45, 7) is 4.63. The van der Waals surface area contributed by atoms with E-state index in [1.807, 2.05) is 6.92 Å². The van der Waals surface area contributed by atoms with Gasteiger partial charge in [-0.3, -0.25) is 14.2 Å². The minimum absolute atomic E-state index is 0.0912. The topological polar surface area (TPSA) is 87.5 Å². The van der Waals surface area contributed by atoms with Crippen molar-refractivity contribution in [1.29, 1.82) is 0 Å². The molecular formula is C23H22N2O5. The first kappa shape index (κ1) is 19.8. The highest BCUT2D eigenvalue weighted by molar-refractivity contribution is 6.02. The molecule has 2 heterocycles. The first-order valence-electron chi connectivity index (χ1n) is 9.99. The Balaban J connectivity index is 1.51. The van der Waals surface area contributed by atoms with Gasteiger partial charge in [-0.25, -0.2) is 9.78 Å². The van der Waals surface area contributed by atoms with Crippen LogP contribution in [0.5, 0.6) is 5.75 Å². The SMILES string of the molecule is CCOc1ccc(C(=O)[C@H](C)OC(=O)c2ccc3c(=O)n4c(nc3c2)CCC4)cc1. The van der Waals surface area contributed by atoms with Crippen molar-refractivity contribution in [2.24, 2.45) is 0 Å². The van der Waals surface area contributed by atoms with Crippen molar-refractivity contribution in [2.45, 2.75) is 39.3 Å². The number of fused-ring (bicyclic) bond motifs is 2. The van der Waals surface area contributed by atoms with E-state index >= 15 is 0 Å². The fourth-order valence-corrected chi connectivity index (χ4v) is 3.61. The van der Waals surface area contributed by atoms with Gasteiger partial charge < -0.3 is 9.47 Å². The molecule has 154 valence electrons. The number of ether oxygens (including phenoxy) is 2. The molecule has 4 rings (SSSR count). The predicted molar refractivity (Wildman–Crippen MR) is 111 cm³/mol. The number of rotatable bonds is 6. The van der Waals surface area contributed by atoms with Gasteiger partial charge in [-0.05, 0) is 62.7 Å². The lowest BCUT2D eigenvalue weighted by Gasteiger charge is -2.13. The summed E-state index contributed by atoms with van der Waals surface area (Å²) in [5.41, 5.74) is 1.06. The maximum atomic E-state index is 12.6. The molecule has 7 heteroatoms. The van der Waals surface area contributed by atoms with Gasteiger partial charge in [0, 0.05) is 18.5 Å². The van der Waals surface area contributed by atoms with Crippen molar-refractivity contribution in [3.05, 3.63) is 69.8 Å². The van der Waals surface area contributed by atoms with Crippen LogP contribution in [0.25, 0.3) is 10.9 Å². The van der Waals surface area contributed by atoms with Crippen LogP contribution in [-0.2, 0) is 17.7 Å². The smallest absolute Gasteiger partial charge is 0.338 e. The third kappa shape index (κ3) is 3.70. The van der Waals surface area contributed by atoms with Crippen LogP contribution in [-0.4, -0.2) is 34.0 Å². The van der Waals surface area contributed by atoms with Gasteiger partial charge in [0.1, 0.15) is 11.6 Å². The summed E-state index contributed by atoms with van der Waals surface area (Å²) < 4.78 is 12.4. The van der Waals surface area contributed by atoms with Gasteiger partial charge in [0.2, 0.25) is 5.78 Å². The monoisotopic (exact) mass is 406 g/mol. The lowest BCUT2D eigenvalue weighted by atomic mass is 10.1. The van der Waals surface area contributed by atoms with Crippen LogP contribution in [0, 0.1) is 0 Å². The molecule has 0 fully saturated rings. The van der Waals surface area contributed by atoms with E-state index in [2.05, 4.69) is 4.98 Å². The molecule has 0 saturated carbocycles. The fraction of sp³-hybridized carbons (Fsp3) is 0.304. The van der Waals surface area contributed by atoms with Gasteiger partial charge in [0.15, 0.2) is 6.10 Å². The Bertz CT molecular complexity index is 1180. The van der Waals surface area contributed by atoms with Gasteiger partial charge in [-0.1, -0.05) is 0 Å². The third-order valence-electron chi connectivity index (χ3n) is 5.16. The Morgan fingerprint density at radius 2 is 1.87 bits per heavy atom. The molecule has 0 saturated heterocycles. The number of hydrogen-bond donors (Lipinski definition) is 0. The number of ketones is 1. The van der Waals surface area contributed by atoms with Crippen LogP contribution in [0.1, 0.15) is 46.8 Å². The van der Waals surface area contributed by atoms with Crippen molar-refractivity contribution in [3.63, 3.8) is 0 Å². The zero-order chi connectivity index (χ0) is 21.3. The highest BCUT2D eigenvalue weighted by Gasteiger charge is 2.22. The Kier molecular flexibility index (Phi) is 5.35. The van der Waals surface area contributed by atoms with Gasteiger partial charge >= 0.3 is 5.97 Å². The molecule has 0 amide bonds. The maximum Gasteiger partial charge on any atom is 0.338 e. The zero-order valence-corrected chi connectivity index (χ0v) is 16.9. The molecule has 1 aromatic heterocycles. The van der Waals surface area contributed by atoms with E-state index in [1.165, 1.54) is 13.0 Å². The van der Waals surface area contributed by atoms with E-state index in [1.54, 1.807) is 41.0 Å². The van der Waals surface area contributed by atoms with Gasteiger partial charge in [0.05, 0.1) is 23.1 Å². The number of hydrogen-bond acceptors (Lipinski definition) is 6. The summed E-state index contributed by atoms with van der Waals surface area (Å²) in [6.07, 6.45) is 0.677. The predicted octanol–water partition coefficient (Wildman–Crippen LogP) is 3.17. The summed E-state index contributed by atoms with van der Waals surface area (Å²) in [4.78, 5) is 42.2. The zero-order valence-electron chi connectivity index (χ0n) is 16.9. The van der Waals surface area contributed by atoms with Gasteiger partial charge in [-0.2, -0.15) is 0 Å². The maximum absolute atomic E-state index is 12.6. The highest BCUT2D eigenvalue weighted by Crippen LogP contribution is 2.18. The Morgan fingerprint density at radius 1 is 1.13 bits per heavy atom. The average molecular weight is 406 g/mol. The number of carbonyl (C=O) groups is 2. The van der Waals surface area contributed by atoms with E-state index in [4.69, 9.17) is 9.47 Å². The number of carbonyl (C=O) groups excluding carboxylic acids is 2. The summed E-state index contributed by atoms with van der Waals surface area (Å²) in [5.74, 6) is 0.467. The molecule has 0 bridgehead atoms. The molecule has 3 aromatic rings. The molecule has 1 atom stereocenters. The van der Waals surface area contributed by atoms with Crippen LogP contribution < -0.4 is 10.3 Å². The Labute approximate surface area is 173 Å². The Morgan fingerprint density at radius 3 is 2.60 bits per heavy atom. The van der Waals surface area contributed by atoms with Crippen molar-refractivity contribution in [1.82, 2.24) is 9.55 Å². The molecular weight excluding hydrogens is 384 g/mol. The molecule has 1 aliphatic heterocycles. The van der Waals surface area contributed by atoms with Crippen molar-refractivity contribution < 1.29 is 19.1 Å². The van der Waals surface area contributed by atoms with E-state index in [0.717, 1.165) is 18.7 Å². The number of Topliss-reactive ketones (excluding diaryl/α,β-unsaturated/α-hetero) is 1. The fourth-order valence-electron chi connectivity index (χ4n) is 3.61. The van der Waals surface area contributed by atoms with Crippen molar-refractivity contribution >= 4 is 22.7 Å². The standard InChI is InChI=1S/C23H22N2O5/c1-3-29-17-9-6-15(7-10-17)21(26)14(2)30-23(28)16-8-11-18-19(13-16)24-20-5-4-12-25(20)22(18)27/h6-11,13-14H,3-5,12H2,1-2H3/t14-/m0/s1. The largest absolute Gasteiger partial charge is 0.494 e. The van der Waals surface area contributed by atoms with E-state index in [9.17, 15) is 14.4 Å². The van der Waals surface area contributed by atoms with E-state index < -0.39 is 12.1 Å². The molecule has 1 aliphatic rings.